The van der Waals surface area contributed by atoms with Crippen molar-refractivity contribution >= 4 is 0 Å². The second-order valence-electron chi connectivity index (χ2n) is 6.36. The van der Waals surface area contributed by atoms with E-state index in [2.05, 4.69) is 31.0 Å². The van der Waals surface area contributed by atoms with Crippen LogP contribution in [0, 0.1) is 0 Å². The van der Waals surface area contributed by atoms with E-state index in [1.807, 2.05) is 0 Å². The van der Waals surface area contributed by atoms with Gasteiger partial charge in [0.25, 0.3) is 0 Å². The zero-order valence-corrected chi connectivity index (χ0v) is 10.6. The molecule has 1 heterocycles. The van der Waals surface area contributed by atoms with Crippen LogP contribution in [0.2, 0.25) is 0 Å². The van der Waals surface area contributed by atoms with Crippen LogP contribution in [0.15, 0.2) is 0 Å². The van der Waals surface area contributed by atoms with E-state index in [1.165, 1.54) is 51.7 Å². The third-order valence-corrected chi connectivity index (χ3v) is 4.11. The number of hydrogen-bond acceptors (Lipinski definition) is 2. The molecule has 2 fully saturated rings. The third kappa shape index (κ3) is 2.54. The Kier molecular flexibility index (Phi) is 3.09. The van der Waals surface area contributed by atoms with E-state index in [-0.39, 0.29) is 0 Å². The molecule has 2 aliphatic rings. The van der Waals surface area contributed by atoms with Gasteiger partial charge < -0.3 is 5.32 Å². The molecule has 1 N–H and O–H groups in total. The summed E-state index contributed by atoms with van der Waals surface area (Å²) in [5, 5.41) is 3.82. The summed E-state index contributed by atoms with van der Waals surface area (Å²) in [6, 6.07) is 0. The molecule has 1 aliphatic heterocycles. The standard InChI is InChI=1S/C13H26N2/c1-12(2,3)15-10-6-9-14-13(11-15)7-4-5-8-13/h14H,4-11H2,1-3H3. The molecule has 1 spiro atoms. The highest BCUT2D eigenvalue weighted by Crippen LogP contribution is 2.33. The maximum atomic E-state index is 3.82. The minimum Gasteiger partial charge on any atom is -0.310 e. The summed E-state index contributed by atoms with van der Waals surface area (Å²) >= 11 is 0. The lowest BCUT2D eigenvalue weighted by atomic mass is 9.94. The van der Waals surface area contributed by atoms with Gasteiger partial charge in [-0.25, -0.2) is 0 Å². The van der Waals surface area contributed by atoms with Crippen molar-refractivity contribution < 1.29 is 0 Å². The van der Waals surface area contributed by atoms with E-state index >= 15 is 0 Å². The van der Waals surface area contributed by atoms with Gasteiger partial charge in [0.05, 0.1) is 0 Å². The zero-order valence-electron chi connectivity index (χ0n) is 10.6. The van der Waals surface area contributed by atoms with Gasteiger partial charge in [0.2, 0.25) is 0 Å². The smallest absolute Gasteiger partial charge is 0.0309 e. The molecule has 1 aliphatic carbocycles. The van der Waals surface area contributed by atoms with Gasteiger partial charge in [0.1, 0.15) is 0 Å². The molecular formula is C13H26N2. The molecule has 15 heavy (non-hydrogen) atoms. The van der Waals surface area contributed by atoms with Crippen LogP contribution in [0.1, 0.15) is 52.9 Å². The maximum Gasteiger partial charge on any atom is 0.0309 e. The highest BCUT2D eigenvalue weighted by molar-refractivity contribution is 4.98. The molecule has 88 valence electrons. The lowest BCUT2D eigenvalue weighted by Gasteiger charge is -2.40. The van der Waals surface area contributed by atoms with Crippen LogP contribution >= 0.6 is 0 Å². The minimum absolute atomic E-state index is 0.335. The Morgan fingerprint density at radius 1 is 1.07 bits per heavy atom. The molecule has 1 saturated heterocycles. The first-order chi connectivity index (χ1) is 7.02. The molecule has 0 aromatic carbocycles. The molecule has 2 nitrogen and oxygen atoms in total. The first kappa shape index (κ1) is 11.4. The minimum atomic E-state index is 0.335. The largest absolute Gasteiger partial charge is 0.310 e. The molecule has 0 atom stereocenters. The first-order valence-electron chi connectivity index (χ1n) is 6.52. The van der Waals surface area contributed by atoms with Crippen molar-refractivity contribution in [2.75, 3.05) is 19.6 Å². The van der Waals surface area contributed by atoms with Crippen LogP contribution in [0.4, 0.5) is 0 Å². The van der Waals surface area contributed by atoms with Gasteiger partial charge in [-0.15, -0.1) is 0 Å². The third-order valence-electron chi connectivity index (χ3n) is 4.11. The SMILES string of the molecule is CC(C)(C)N1CCCNC2(CCCC2)C1. The van der Waals surface area contributed by atoms with Crippen molar-refractivity contribution in [1.82, 2.24) is 10.2 Å². The molecule has 0 aromatic rings. The quantitative estimate of drug-likeness (QED) is 0.660. The lowest BCUT2D eigenvalue weighted by molar-refractivity contribution is 0.108. The molecule has 0 unspecified atom stereocenters. The van der Waals surface area contributed by atoms with Gasteiger partial charge in [-0.1, -0.05) is 12.8 Å². The molecule has 0 amide bonds. The van der Waals surface area contributed by atoms with E-state index in [9.17, 15) is 0 Å². The summed E-state index contributed by atoms with van der Waals surface area (Å²) in [5.41, 5.74) is 0.797. The van der Waals surface area contributed by atoms with Crippen LogP contribution in [0.25, 0.3) is 0 Å². The zero-order chi connectivity index (χ0) is 10.9. The molecule has 2 rings (SSSR count). The van der Waals surface area contributed by atoms with E-state index in [4.69, 9.17) is 0 Å². The summed E-state index contributed by atoms with van der Waals surface area (Å²) in [6.07, 6.45) is 6.92. The van der Waals surface area contributed by atoms with Crippen molar-refractivity contribution in [2.45, 2.75) is 64.0 Å². The molecule has 0 bridgehead atoms. The number of nitrogens with one attached hydrogen (secondary N) is 1. The van der Waals surface area contributed by atoms with Crippen molar-refractivity contribution in [3.8, 4) is 0 Å². The van der Waals surface area contributed by atoms with Gasteiger partial charge in [-0.2, -0.15) is 0 Å². The van der Waals surface area contributed by atoms with Gasteiger partial charge in [0.15, 0.2) is 0 Å². The van der Waals surface area contributed by atoms with E-state index in [1.54, 1.807) is 0 Å². The van der Waals surface area contributed by atoms with Crippen LogP contribution in [0.5, 0.6) is 0 Å². The van der Waals surface area contributed by atoms with Crippen molar-refractivity contribution in [2.24, 2.45) is 0 Å². The molecule has 0 radical (unpaired) electrons. The Labute approximate surface area is 94.4 Å². The highest BCUT2D eigenvalue weighted by atomic mass is 15.2. The normalized spacial score (nSPS) is 28.2. The summed E-state index contributed by atoms with van der Waals surface area (Å²) in [7, 11) is 0. The van der Waals surface area contributed by atoms with E-state index in [0.717, 1.165) is 0 Å². The summed E-state index contributed by atoms with van der Waals surface area (Å²) in [5.74, 6) is 0. The van der Waals surface area contributed by atoms with Crippen molar-refractivity contribution in [3.63, 3.8) is 0 Å². The van der Waals surface area contributed by atoms with Gasteiger partial charge in [0, 0.05) is 17.6 Å². The molecule has 1 saturated carbocycles. The lowest BCUT2D eigenvalue weighted by Crippen LogP contribution is -2.53. The van der Waals surface area contributed by atoms with Crippen LogP contribution in [-0.4, -0.2) is 35.6 Å². The Bertz CT molecular complexity index is 211. The summed E-state index contributed by atoms with van der Waals surface area (Å²) < 4.78 is 0. The second-order valence-corrected chi connectivity index (χ2v) is 6.36. The van der Waals surface area contributed by atoms with Gasteiger partial charge in [-0.3, -0.25) is 4.90 Å². The van der Waals surface area contributed by atoms with Crippen molar-refractivity contribution in [1.29, 1.82) is 0 Å². The van der Waals surface area contributed by atoms with Gasteiger partial charge >= 0.3 is 0 Å². The first-order valence-corrected chi connectivity index (χ1v) is 6.52. The Morgan fingerprint density at radius 2 is 1.73 bits per heavy atom. The van der Waals surface area contributed by atoms with E-state index in [0.29, 0.717) is 11.1 Å². The fourth-order valence-electron chi connectivity index (χ4n) is 3.08. The predicted molar refractivity (Wildman–Crippen MR) is 65.1 cm³/mol. The van der Waals surface area contributed by atoms with Crippen LogP contribution in [-0.2, 0) is 0 Å². The van der Waals surface area contributed by atoms with Crippen LogP contribution in [0.3, 0.4) is 0 Å². The highest BCUT2D eigenvalue weighted by Gasteiger charge is 2.38. The second kappa shape index (κ2) is 4.06. The van der Waals surface area contributed by atoms with Crippen LogP contribution < -0.4 is 5.32 Å². The summed E-state index contributed by atoms with van der Waals surface area (Å²) in [6.45, 7) is 10.8. The molecule has 2 heteroatoms. The topological polar surface area (TPSA) is 15.3 Å². The number of rotatable bonds is 0. The average molecular weight is 210 g/mol. The number of nitrogens with zero attached hydrogens (tertiary/aromatic N) is 1. The fraction of sp³-hybridized carbons (Fsp3) is 1.00. The van der Waals surface area contributed by atoms with E-state index < -0.39 is 0 Å². The summed E-state index contributed by atoms with van der Waals surface area (Å²) in [4.78, 5) is 2.68. The Balaban J connectivity index is 2.08. The Morgan fingerprint density at radius 3 is 2.33 bits per heavy atom. The number of hydrogen-bond donors (Lipinski definition) is 1. The molecule has 0 aromatic heterocycles. The Hall–Kier alpha value is -0.0800. The predicted octanol–water partition coefficient (Wildman–Crippen LogP) is 2.39. The monoisotopic (exact) mass is 210 g/mol. The van der Waals surface area contributed by atoms with Gasteiger partial charge in [-0.05, 0) is 53.1 Å². The maximum absolute atomic E-state index is 3.82. The average Bonchev–Trinajstić information content (AvgIpc) is 2.45. The molecular weight excluding hydrogens is 184 g/mol. The van der Waals surface area contributed by atoms with Crippen molar-refractivity contribution in [3.05, 3.63) is 0 Å². The fourth-order valence-corrected chi connectivity index (χ4v) is 3.08.